The smallest absolute Gasteiger partial charge is 0.289 e. The summed E-state index contributed by atoms with van der Waals surface area (Å²) in [4.78, 5) is 30.7. The van der Waals surface area contributed by atoms with Gasteiger partial charge in [-0.3, -0.25) is 9.59 Å². The minimum atomic E-state index is -0.0888. The minimum absolute atomic E-state index is 0.0888. The Morgan fingerprint density at radius 1 is 1.13 bits per heavy atom. The molecule has 2 aliphatic rings. The van der Waals surface area contributed by atoms with Gasteiger partial charge in [0.1, 0.15) is 0 Å². The van der Waals surface area contributed by atoms with Gasteiger partial charge in [-0.1, -0.05) is 6.42 Å². The molecule has 2 saturated heterocycles. The van der Waals surface area contributed by atoms with Gasteiger partial charge >= 0.3 is 0 Å². The second-order valence-electron chi connectivity index (χ2n) is 6.48. The van der Waals surface area contributed by atoms with Gasteiger partial charge in [0.2, 0.25) is 5.91 Å². The monoisotopic (exact) mass is 319 g/mol. The maximum atomic E-state index is 12.5. The molecule has 3 rings (SSSR count). The van der Waals surface area contributed by atoms with Gasteiger partial charge in [0.25, 0.3) is 5.91 Å². The van der Waals surface area contributed by atoms with E-state index in [4.69, 9.17) is 4.42 Å². The molecule has 1 aromatic rings. The second kappa shape index (κ2) is 7.17. The summed E-state index contributed by atoms with van der Waals surface area (Å²) in [5, 5.41) is 0. The van der Waals surface area contributed by atoms with E-state index >= 15 is 0 Å². The summed E-state index contributed by atoms with van der Waals surface area (Å²) in [6.07, 6.45) is 5.66. The highest BCUT2D eigenvalue weighted by Crippen LogP contribution is 2.19. The number of piperazine rings is 1. The zero-order valence-electron chi connectivity index (χ0n) is 13.7. The predicted molar refractivity (Wildman–Crippen MR) is 86.1 cm³/mol. The molecule has 2 amide bonds. The lowest BCUT2D eigenvalue weighted by atomic mass is 9.99. The first-order valence-electron chi connectivity index (χ1n) is 8.46. The van der Waals surface area contributed by atoms with Gasteiger partial charge < -0.3 is 19.1 Å². The molecular weight excluding hydrogens is 294 g/mol. The van der Waals surface area contributed by atoms with Gasteiger partial charge in [0.15, 0.2) is 5.76 Å². The topological polar surface area (TPSA) is 57.0 Å². The number of likely N-dealkylation sites (tertiary alicyclic amines) is 1. The summed E-state index contributed by atoms with van der Waals surface area (Å²) in [5.74, 6) is 0.497. The van der Waals surface area contributed by atoms with E-state index < -0.39 is 0 Å². The van der Waals surface area contributed by atoms with Crippen LogP contribution in [0.2, 0.25) is 0 Å². The Bertz CT molecular complexity index is 535. The number of carbonyl (C=O) groups is 2. The van der Waals surface area contributed by atoms with Crippen LogP contribution in [-0.2, 0) is 4.79 Å². The van der Waals surface area contributed by atoms with Crippen molar-refractivity contribution in [2.24, 2.45) is 0 Å². The SMILES string of the molecule is CN1CCCCC1CC(=O)N1CCN(C(=O)c2ccco2)CC1. The molecule has 3 heterocycles. The lowest BCUT2D eigenvalue weighted by Gasteiger charge is -2.37. The third-order valence-corrected chi connectivity index (χ3v) is 4.98. The maximum Gasteiger partial charge on any atom is 0.289 e. The number of hydrogen-bond donors (Lipinski definition) is 0. The van der Waals surface area contributed by atoms with Gasteiger partial charge in [-0.15, -0.1) is 0 Å². The first-order chi connectivity index (χ1) is 11.1. The Morgan fingerprint density at radius 2 is 1.87 bits per heavy atom. The molecule has 1 atom stereocenters. The molecule has 0 saturated carbocycles. The van der Waals surface area contributed by atoms with Crippen molar-refractivity contribution >= 4 is 11.8 Å². The average Bonchev–Trinajstić information content (AvgIpc) is 3.11. The second-order valence-corrected chi connectivity index (χ2v) is 6.48. The van der Waals surface area contributed by atoms with Crippen molar-refractivity contribution < 1.29 is 14.0 Å². The average molecular weight is 319 g/mol. The number of furan rings is 1. The standard InChI is InChI=1S/C17H25N3O3/c1-18-7-3-2-5-14(18)13-16(21)19-8-10-20(11-9-19)17(22)15-6-4-12-23-15/h4,6,12,14H,2-3,5,7-11,13H2,1H3. The van der Waals surface area contributed by atoms with Crippen LogP contribution in [0.4, 0.5) is 0 Å². The van der Waals surface area contributed by atoms with E-state index in [-0.39, 0.29) is 11.8 Å². The van der Waals surface area contributed by atoms with E-state index in [1.807, 2.05) is 4.90 Å². The molecule has 0 aromatic carbocycles. The molecule has 6 heteroatoms. The number of amides is 2. The molecule has 2 aliphatic heterocycles. The highest BCUT2D eigenvalue weighted by Gasteiger charge is 2.28. The van der Waals surface area contributed by atoms with Crippen LogP contribution in [0.1, 0.15) is 36.2 Å². The van der Waals surface area contributed by atoms with Gasteiger partial charge in [-0.2, -0.15) is 0 Å². The summed E-state index contributed by atoms with van der Waals surface area (Å²) < 4.78 is 5.16. The van der Waals surface area contributed by atoms with Gasteiger partial charge in [0, 0.05) is 38.6 Å². The summed E-state index contributed by atoms with van der Waals surface area (Å²) >= 11 is 0. The van der Waals surface area contributed by atoms with Crippen molar-refractivity contribution in [3.05, 3.63) is 24.2 Å². The minimum Gasteiger partial charge on any atom is -0.459 e. The van der Waals surface area contributed by atoms with Crippen molar-refractivity contribution in [3.8, 4) is 0 Å². The molecule has 0 radical (unpaired) electrons. The molecule has 0 bridgehead atoms. The van der Waals surface area contributed by atoms with Crippen LogP contribution in [0, 0.1) is 0 Å². The Balaban J connectivity index is 1.48. The van der Waals surface area contributed by atoms with Gasteiger partial charge in [0.05, 0.1) is 6.26 Å². The number of nitrogens with zero attached hydrogens (tertiary/aromatic N) is 3. The molecule has 1 aromatic heterocycles. The number of hydrogen-bond acceptors (Lipinski definition) is 4. The van der Waals surface area contributed by atoms with Crippen molar-refractivity contribution in [3.63, 3.8) is 0 Å². The third kappa shape index (κ3) is 3.75. The molecule has 6 nitrogen and oxygen atoms in total. The van der Waals surface area contributed by atoms with Crippen LogP contribution in [0.3, 0.4) is 0 Å². The summed E-state index contributed by atoms with van der Waals surface area (Å²) in [6, 6.07) is 3.77. The molecule has 1 unspecified atom stereocenters. The molecule has 0 aliphatic carbocycles. The zero-order chi connectivity index (χ0) is 16.2. The first kappa shape index (κ1) is 16.1. The fourth-order valence-electron chi connectivity index (χ4n) is 3.45. The highest BCUT2D eigenvalue weighted by molar-refractivity contribution is 5.91. The van der Waals surface area contributed by atoms with E-state index in [0.717, 1.165) is 13.0 Å². The predicted octanol–water partition coefficient (Wildman–Crippen LogP) is 1.44. The molecule has 23 heavy (non-hydrogen) atoms. The van der Waals surface area contributed by atoms with E-state index in [1.165, 1.54) is 19.1 Å². The van der Waals surface area contributed by atoms with Crippen LogP contribution in [-0.4, -0.2) is 72.3 Å². The Kier molecular flexibility index (Phi) is 5.00. The summed E-state index contributed by atoms with van der Waals surface area (Å²) in [5.41, 5.74) is 0. The molecule has 0 spiro atoms. The number of piperidine rings is 1. The molecule has 0 N–H and O–H groups in total. The van der Waals surface area contributed by atoms with Crippen LogP contribution in [0.5, 0.6) is 0 Å². The maximum absolute atomic E-state index is 12.5. The van der Waals surface area contributed by atoms with Crippen molar-refractivity contribution in [1.82, 2.24) is 14.7 Å². The molecular formula is C17H25N3O3. The van der Waals surface area contributed by atoms with Gasteiger partial charge in [-0.25, -0.2) is 0 Å². The number of carbonyl (C=O) groups excluding carboxylic acids is 2. The van der Waals surface area contributed by atoms with Crippen molar-refractivity contribution in [2.75, 3.05) is 39.8 Å². The largest absolute Gasteiger partial charge is 0.459 e. The quantitative estimate of drug-likeness (QED) is 0.846. The first-order valence-corrected chi connectivity index (χ1v) is 8.46. The van der Waals surface area contributed by atoms with E-state index in [0.29, 0.717) is 44.4 Å². The van der Waals surface area contributed by atoms with Crippen LogP contribution >= 0.6 is 0 Å². The Hall–Kier alpha value is -1.82. The Morgan fingerprint density at radius 3 is 2.52 bits per heavy atom. The van der Waals surface area contributed by atoms with Crippen LogP contribution < -0.4 is 0 Å². The third-order valence-electron chi connectivity index (χ3n) is 4.98. The van der Waals surface area contributed by atoms with Crippen molar-refractivity contribution in [2.45, 2.75) is 31.7 Å². The normalized spacial score (nSPS) is 23.1. The van der Waals surface area contributed by atoms with Crippen LogP contribution in [0.15, 0.2) is 22.8 Å². The fourth-order valence-corrected chi connectivity index (χ4v) is 3.45. The summed E-state index contributed by atoms with van der Waals surface area (Å²) in [7, 11) is 2.11. The van der Waals surface area contributed by atoms with Gasteiger partial charge in [-0.05, 0) is 38.6 Å². The fraction of sp³-hybridized carbons (Fsp3) is 0.647. The van der Waals surface area contributed by atoms with Crippen molar-refractivity contribution in [1.29, 1.82) is 0 Å². The molecule has 2 fully saturated rings. The highest BCUT2D eigenvalue weighted by atomic mass is 16.3. The van der Waals surface area contributed by atoms with E-state index in [9.17, 15) is 9.59 Å². The Labute approximate surface area is 137 Å². The molecule has 126 valence electrons. The lowest BCUT2D eigenvalue weighted by molar-refractivity contribution is -0.134. The van der Waals surface area contributed by atoms with Crippen LogP contribution in [0.25, 0.3) is 0 Å². The lowest BCUT2D eigenvalue weighted by Crippen LogP contribution is -2.51. The summed E-state index contributed by atoms with van der Waals surface area (Å²) in [6.45, 7) is 3.46. The number of rotatable bonds is 3. The van der Waals surface area contributed by atoms with E-state index in [2.05, 4.69) is 11.9 Å². The zero-order valence-corrected chi connectivity index (χ0v) is 13.7. The van der Waals surface area contributed by atoms with E-state index in [1.54, 1.807) is 17.0 Å².